The van der Waals surface area contributed by atoms with Crippen molar-refractivity contribution in [3.8, 4) is 0 Å². The normalized spacial score (nSPS) is 10.3. The lowest BCUT2D eigenvalue weighted by molar-refractivity contribution is 0.102. The van der Waals surface area contributed by atoms with E-state index in [1.54, 1.807) is 6.92 Å². The minimum Gasteiger partial charge on any atom is -0.322 e. The number of halogens is 2. The molecule has 0 spiro atoms. The van der Waals surface area contributed by atoms with Gasteiger partial charge in [-0.2, -0.15) is 0 Å². The van der Waals surface area contributed by atoms with Gasteiger partial charge in [0.2, 0.25) is 0 Å². The van der Waals surface area contributed by atoms with Crippen molar-refractivity contribution in [2.45, 2.75) is 6.92 Å². The Morgan fingerprint density at radius 2 is 2.21 bits per heavy atom. The summed E-state index contributed by atoms with van der Waals surface area (Å²) in [5.41, 5.74) is -0.388. The van der Waals surface area contributed by atoms with E-state index in [4.69, 9.17) is 11.6 Å². The lowest BCUT2D eigenvalue weighted by Gasteiger charge is -2.05. The number of nitrogens with one attached hydrogen (secondary N) is 2. The average Bonchev–Trinajstić information content (AvgIpc) is 2.33. The van der Waals surface area contributed by atoms with E-state index in [-0.39, 0.29) is 16.3 Å². The van der Waals surface area contributed by atoms with Crippen molar-refractivity contribution in [3.63, 3.8) is 0 Å². The molecule has 1 aromatic heterocycles. The number of aryl methyl sites for hydroxylation is 1. The first-order valence-corrected chi connectivity index (χ1v) is 5.67. The van der Waals surface area contributed by atoms with E-state index >= 15 is 0 Å². The second kappa shape index (κ2) is 5.19. The molecule has 19 heavy (non-hydrogen) atoms. The monoisotopic (exact) mass is 281 g/mol. The fourth-order valence-electron chi connectivity index (χ4n) is 1.42. The second-order valence-corrected chi connectivity index (χ2v) is 4.20. The minimum atomic E-state index is -0.642. The lowest BCUT2D eigenvalue weighted by atomic mass is 10.2. The molecule has 0 unspecified atom stereocenters. The standard InChI is InChI=1S/C12H9ClFN3O2/c1-6-15-5-8(11(18)16-6)12(19)17-7-2-3-10(14)9(13)4-7/h2-5H,1H3,(H,17,19)(H,15,16,18). The van der Waals surface area contributed by atoms with Crippen molar-refractivity contribution in [1.29, 1.82) is 0 Å². The highest BCUT2D eigenvalue weighted by Gasteiger charge is 2.12. The lowest BCUT2D eigenvalue weighted by Crippen LogP contribution is -2.24. The van der Waals surface area contributed by atoms with E-state index in [0.29, 0.717) is 5.82 Å². The van der Waals surface area contributed by atoms with E-state index in [1.165, 1.54) is 18.3 Å². The first-order valence-electron chi connectivity index (χ1n) is 5.29. The van der Waals surface area contributed by atoms with E-state index in [9.17, 15) is 14.0 Å². The molecule has 0 radical (unpaired) electrons. The number of amides is 1. The number of carbonyl (C=O) groups excluding carboxylic acids is 1. The van der Waals surface area contributed by atoms with Gasteiger partial charge in [0, 0.05) is 11.9 Å². The second-order valence-electron chi connectivity index (χ2n) is 3.79. The summed E-state index contributed by atoms with van der Waals surface area (Å²) >= 11 is 5.59. The van der Waals surface area contributed by atoms with Crippen molar-refractivity contribution in [2.24, 2.45) is 0 Å². The minimum absolute atomic E-state index is 0.117. The molecule has 98 valence electrons. The number of hydrogen-bond acceptors (Lipinski definition) is 3. The Morgan fingerprint density at radius 3 is 2.84 bits per heavy atom. The zero-order valence-electron chi connectivity index (χ0n) is 9.83. The van der Waals surface area contributed by atoms with Gasteiger partial charge < -0.3 is 10.3 Å². The van der Waals surface area contributed by atoms with Gasteiger partial charge in [0.1, 0.15) is 17.2 Å². The van der Waals surface area contributed by atoms with Crippen molar-refractivity contribution < 1.29 is 9.18 Å². The van der Waals surface area contributed by atoms with Crippen molar-refractivity contribution in [2.75, 3.05) is 5.32 Å². The maximum Gasteiger partial charge on any atom is 0.263 e. The molecule has 1 aromatic carbocycles. The van der Waals surface area contributed by atoms with Gasteiger partial charge in [0.15, 0.2) is 0 Å². The quantitative estimate of drug-likeness (QED) is 0.885. The van der Waals surface area contributed by atoms with Crippen LogP contribution in [0.5, 0.6) is 0 Å². The summed E-state index contributed by atoms with van der Waals surface area (Å²) < 4.78 is 13.0. The molecule has 2 aromatic rings. The summed E-state index contributed by atoms with van der Waals surface area (Å²) in [4.78, 5) is 29.6. The molecule has 0 bridgehead atoms. The van der Waals surface area contributed by atoms with Gasteiger partial charge in [0.25, 0.3) is 11.5 Å². The predicted molar refractivity (Wildman–Crippen MR) is 69.0 cm³/mol. The molecule has 7 heteroatoms. The van der Waals surface area contributed by atoms with Gasteiger partial charge in [0.05, 0.1) is 5.02 Å². The SMILES string of the molecule is Cc1ncc(C(=O)Nc2ccc(F)c(Cl)c2)c(=O)[nH]1. The summed E-state index contributed by atoms with van der Waals surface area (Å²) in [5.74, 6) is -0.822. The van der Waals surface area contributed by atoms with Crippen molar-refractivity contribution in [3.05, 3.63) is 57.0 Å². The van der Waals surface area contributed by atoms with Gasteiger partial charge in [-0.1, -0.05) is 11.6 Å². The maximum atomic E-state index is 13.0. The largest absolute Gasteiger partial charge is 0.322 e. The highest BCUT2D eigenvalue weighted by molar-refractivity contribution is 6.31. The van der Waals surface area contributed by atoms with Crippen LogP contribution in [-0.2, 0) is 0 Å². The number of aromatic nitrogens is 2. The highest BCUT2D eigenvalue weighted by atomic mass is 35.5. The molecule has 0 atom stereocenters. The van der Waals surface area contributed by atoms with Gasteiger partial charge in [-0.05, 0) is 25.1 Å². The first-order chi connectivity index (χ1) is 8.97. The molecule has 0 aliphatic carbocycles. The van der Waals surface area contributed by atoms with Crippen molar-refractivity contribution in [1.82, 2.24) is 9.97 Å². The van der Waals surface area contributed by atoms with E-state index < -0.39 is 17.3 Å². The van der Waals surface area contributed by atoms with Gasteiger partial charge in [-0.3, -0.25) is 9.59 Å². The average molecular weight is 282 g/mol. The van der Waals surface area contributed by atoms with Crippen LogP contribution in [-0.4, -0.2) is 15.9 Å². The van der Waals surface area contributed by atoms with Crippen LogP contribution in [0.15, 0.2) is 29.2 Å². The Kier molecular flexibility index (Phi) is 3.62. The van der Waals surface area contributed by atoms with Crippen molar-refractivity contribution >= 4 is 23.2 Å². The smallest absolute Gasteiger partial charge is 0.263 e. The number of hydrogen-bond donors (Lipinski definition) is 2. The zero-order chi connectivity index (χ0) is 14.0. The van der Waals surface area contributed by atoms with Gasteiger partial charge in [-0.25, -0.2) is 9.37 Å². The van der Waals surface area contributed by atoms with Crippen LogP contribution in [0, 0.1) is 12.7 Å². The van der Waals surface area contributed by atoms with Crippen LogP contribution in [0.1, 0.15) is 16.2 Å². The Balaban J connectivity index is 2.25. The number of benzene rings is 1. The van der Waals surface area contributed by atoms with Crippen LogP contribution in [0.25, 0.3) is 0 Å². The molecule has 0 saturated heterocycles. The van der Waals surface area contributed by atoms with Gasteiger partial charge in [-0.15, -0.1) is 0 Å². The number of anilines is 1. The fraction of sp³-hybridized carbons (Fsp3) is 0.0833. The Bertz CT molecular complexity index is 700. The Morgan fingerprint density at radius 1 is 1.47 bits per heavy atom. The highest BCUT2D eigenvalue weighted by Crippen LogP contribution is 2.19. The van der Waals surface area contributed by atoms with Gasteiger partial charge >= 0.3 is 0 Å². The first kappa shape index (κ1) is 13.2. The third kappa shape index (κ3) is 2.97. The molecule has 0 aliphatic rings. The van der Waals surface area contributed by atoms with E-state index in [0.717, 1.165) is 6.07 Å². The number of H-pyrrole nitrogens is 1. The van der Waals surface area contributed by atoms with Crippen LogP contribution >= 0.6 is 11.6 Å². The molecule has 2 N–H and O–H groups in total. The molecular formula is C12H9ClFN3O2. The summed E-state index contributed by atoms with van der Waals surface area (Å²) in [6.07, 6.45) is 1.18. The van der Waals surface area contributed by atoms with Crippen LogP contribution in [0.3, 0.4) is 0 Å². The molecule has 0 fully saturated rings. The number of rotatable bonds is 2. The van der Waals surface area contributed by atoms with E-state index in [2.05, 4.69) is 15.3 Å². The summed E-state index contributed by atoms with van der Waals surface area (Å²) in [6.45, 7) is 1.60. The Hall–Kier alpha value is -2.21. The van der Waals surface area contributed by atoms with Crippen LogP contribution in [0.2, 0.25) is 5.02 Å². The van der Waals surface area contributed by atoms with Crippen LogP contribution < -0.4 is 10.9 Å². The fourth-order valence-corrected chi connectivity index (χ4v) is 1.60. The third-order valence-corrected chi connectivity index (χ3v) is 2.64. The molecule has 0 saturated carbocycles. The zero-order valence-corrected chi connectivity index (χ0v) is 10.6. The molecule has 1 amide bonds. The van der Waals surface area contributed by atoms with E-state index in [1.807, 2.05) is 0 Å². The number of nitrogens with zero attached hydrogens (tertiary/aromatic N) is 1. The molecule has 5 nitrogen and oxygen atoms in total. The number of aromatic amines is 1. The maximum absolute atomic E-state index is 13.0. The van der Waals surface area contributed by atoms with Crippen LogP contribution in [0.4, 0.5) is 10.1 Å². The third-order valence-electron chi connectivity index (χ3n) is 2.35. The summed E-state index contributed by atoms with van der Waals surface area (Å²) in [5, 5.41) is 2.32. The topological polar surface area (TPSA) is 74.8 Å². The number of carbonyl (C=O) groups is 1. The summed E-state index contributed by atoms with van der Waals surface area (Å²) in [6, 6.07) is 3.72. The Labute approximate surface area is 112 Å². The molecular weight excluding hydrogens is 273 g/mol. The molecule has 2 rings (SSSR count). The predicted octanol–water partition coefficient (Wildman–Crippen LogP) is 2.12. The summed E-state index contributed by atoms with van der Waals surface area (Å²) in [7, 11) is 0. The molecule has 0 aliphatic heterocycles. The molecule has 1 heterocycles.